The summed E-state index contributed by atoms with van der Waals surface area (Å²) in [5.41, 5.74) is 3.68. The molecule has 4 rings (SSSR count). The van der Waals surface area contributed by atoms with Gasteiger partial charge in [0.2, 0.25) is 5.95 Å². The van der Waals surface area contributed by atoms with Crippen LogP contribution in [0.4, 0.5) is 28.8 Å². The third-order valence-corrected chi connectivity index (χ3v) is 6.30. The van der Waals surface area contributed by atoms with Crippen molar-refractivity contribution in [2.75, 3.05) is 22.5 Å². The van der Waals surface area contributed by atoms with Gasteiger partial charge in [0, 0.05) is 28.8 Å². The average molecular weight is 476 g/mol. The van der Waals surface area contributed by atoms with Gasteiger partial charge in [-0.05, 0) is 67.9 Å². The van der Waals surface area contributed by atoms with Crippen molar-refractivity contribution in [1.29, 1.82) is 0 Å². The van der Waals surface area contributed by atoms with Crippen LogP contribution in [0.15, 0.2) is 83.8 Å². The summed E-state index contributed by atoms with van der Waals surface area (Å²) < 4.78 is 33.6. The molecule has 0 aliphatic heterocycles. The first-order valence-corrected chi connectivity index (χ1v) is 12.0. The summed E-state index contributed by atoms with van der Waals surface area (Å²) >= 11 is 0. The Bertz CT molecular complexity index is 1390. The SMILES string of the molecule is COc1ccc(C)cc1S(=O)(=O)Nc1ccc(Nc2nc(C)cc(Nc3ccccc3)n2)cc1. The van der Waals surface area contributed by atoms with E-state index < -0.39 is 10.0 Å². The lowest BCUT2D eigenvalue weighted by molar-refractivity contribution is 0.402. The highest BCUT2D eigenvalue weighted by molar-refractivity contribution is 7.92. The van der Waals surface area contributed by atoms with Gasteiger partial charge in [-0.1, -0.05) is 24.3 Å². The van der Waals surface area contributed by atoms with E-state index in [2.05, 4.69) is 25.3 Å². The number of methoxy groups -OCH3 is 1. The van der Waals surface area contributed by atoms with Crippen LogP contribution in [0.25, 0.3) is 0 Å². The minimum absolute atomic E-state index is 0.0869. The first kappa shape index (κ1) is 23.1. The Balaban J connectivity index is 1.49. The molecule has 0 spiro atoms. The molecule has 0 saturated carbocycles. The molecule has 1 heterocycles. The van der Waals surface area contributed by atoms with Crippen LogP contribution >= 0.6 is 0 Å². The van der Waals surface area contributed by atoms with Gasteiger partial charge in [-0.25, -0.2) is 13.4 Å². The standard InChI is InChI=1S/C25H25N5O3S/c1-17-9-14-22(33-3)23(15-17)34(31,32)30-21-12-10-20(11-13-21)28-25-26-18(2)16-24(29-25)27-19-7-5-4-6-8-19/h4-16,30H,1-3H3,(H2,26,27,28,29). The number of aryl methyl sites for hydroxylation is 2. The fourth-order valence-electron chi connectivity index (χ4n) is 3.31. The number of anilines is 5. The molecule has 0 unspecified atom stereocenters. The number of hydrogen-bond acceptors (Lipinski definition) is 7. The fraction of sp³-hybridized carbons (Fsp3) is 0.120. The number of rotatable bonds is 8. The number of hydrogen-bond donors (Lipinski definition) is 3. The normalized spacial score (nSPS) is 11.0. The van der Waals surface area contributed by atoms with Crippen molar-refractivity contribution in [3.05, 3.63) is 90.1 Å². The van der Waals surface area contributed by atoms with Crippen molar-refractivity contribution in [2.45, 2.75) is 18.7 Å². The summed E-state index contributed by atoms with van der Waals surface area (Å²) in [6.07, 6.45) is 0. The zero-order chi connectivity index (χ0) is 24.1. The van der Waals surface area contributed by atoms with Crippen molar-refractivity contribution in [2.24, 2.45) is 0 Å². The minimum Gasteiger partial charge on any atom is -0.495 e. The predicted molar refractivity (Wildman–Crippen MR) is 135 cm³/mol. The van der Waals surface area contributed by atoms with E-state index in [9.17, 15) is 8.42 Å². The average Bonchev–Trinajstić information content (AvgIpc) is 2.80. The molecule has 0 aliphatic rings. The van der Waals surface area contributed by atoms with Gasteiger partial charge in [-0.3, -0.25) is 4.72 Å². The summed E-state index contributed by atoms with van der Waals surface area (Å²) in [7, 11) is -2.38. The van der Waals surface area contributed by atoms with Crippen LogP contribution in [-0.2, 0) is 10.0 Å². The van der Waals surface area contributed by atoms with Gasteiger partial charge in [0.05, 0.1) is 7.11 Å². The molecule has 4 aromatic rings. The van der Waals surface area contributed by atoms with Crippen molar-refractivity contribution >= 4 is 38.9 Å². The van der Waals surface area contributed by atoms with Crippen molar-refractivity contribution in [1.82, 2.24) is 9.97 Å². The Kier molecular flexibility index (Phi) is 6.65. The first-order valence-electron chi connectivity index (χ1n) is 10.5. The molecule has 0 fully saturated rings. The maximum atomic E-state index is 12.9. The molecule has 3 N–H and O–H groups in total. The van der Waals surface area contributed by atoms with E-state index in [0.29, 0.717) is 23.1 Å². The third kappa shape index (κ3) is 5.62. The zero-order valence-corrected chi connectivity index (χ0v) is 19.8. The first-order chi connectivity index (χ1) is 16.3. The number of sulfonamides is 1. The number of benzene rings is 3. The maximum Gasteiger partial charge on any atom is 0.265 e. The molecule has 3 aromatic carbocycles. The van der Waals surface area contributed by atoms with E-state index in [-0.39, 0.29) is 10.6 Å². The molecular formula is C25H25N5O3S. The van der Waals surface area contributed by atoms with E-state index in [4.69, 9.17) is 4.74 Å². The van der Waals surface area contributed by atoms with Gasteiger partial charge in [0.15, 0.2) is 0 Å². The molecule has 9 heteroatoms. The molecule has 0 bridgehead atoms. The summed E-state index contributed by atoms with van der Waals surface area (Å²) in [5.74, 6) is 1.38. The lowest BCUT2D eigenvalue weighted by atomic mass is 10.2. The number of aromatic nitrogens is 2. The fourth-order valence-corrected chi connectivity index (χ4v) is 4.63. The van der Waals surface area contributed by atoms with Crippen LogP contribution in [0.1, 0.15) is 11.3 Å². The molecule has 34 heavy (non-hydrogen) atoms. The molecule has 174 valence electrons. The second-order valence-electron chi connectivity index (χ2n) is 7.67. The summed E-state index contributed by atoms with van der Waals surface area (Å²) in [5, 5.41) is 6.42. The van der Waals surface area contributed by atoms with E-state index in [1.807, 2.05) is 50.2 Å². The number of ether oxygens (including phenoxy) is 1. The number of para-hydroxylation sites is 1. The molecule has 8 nitrogen and oxygen atoms in total. The Morgan fingerprint density at radius 1 is 0.765 bits per heavy atom. The van der Waals surface area contributed by atoms with E-state index in [0.717, 1.165) is 16.9 Å². The Labute approximate surface area is 199 Å². The lowest BCUT2D eigenvalue weighted by Gasteiger charge is -2.13. The molecule has 1 aromatic heterocycles. The molecule has 0 aliphatic carbocycles. The van der Waals surface area contributed by atoms with Gasteiger partial charge in [-0.15, -0.1) is 0 Å². The second kappa shape index (κ2) is 9.80. The van der Waals surface area contributed by atoms with Gasteiger partial charge >= 0.3 is 0 Å². The van der Waals surface area contributed by atoms with E-state index in [1.165, 1.54) is 7.11 Å². The highest BCUT2D eigenvalue weighted by Gasteiger charge is 2.20. The quantitative estimate of drug-likeness (QED) is 0.314. The van der Waals surface area contributed by atoms with Crippen LogP contribution < -0.4 is 20.1 Å². The number of nitrogens with zero attached hydrogens (tertiary/aromatic N) is 2. The molecule has 0 atom stereocenters. The highest BCUT2D eigenvalue weighted by atomic mass is 32.2. The largest absolute Gasteiger partial charge is 0.495 e. The van der Waals surface area contributed by atoms with Crippen molar-refractivity contribution in [3.8, 4) is 5.75 Å². The van der Waals surface area contributed by atoms with E-state index in [1.54, 1.807) is 42.5 Å². The predicted octanol–water partition coefficient (Wildman–Crippen LogP) is 5.39. The summed E-state index contributed by atoms with van der Waals surface area (Å²) in [6, 6.07) is 23.5. The Morgan fingerprint density at radius 2 is 1.44 bits per heavy atom. The summed E-state index contributed by atoms with van der Waals surface area (Å²) in [6.45, 7) is 3.72. The minimum atomic E-state index is -3.82. The Hall–Kier alpha value is -4.11. The van der Waals surface area contributed by atoms with Crippen molar-refractivity contribution < 1.29 is 13.2 Å². The van der Waals surface area contributed by atoms with Gasteiger partial charge in [0.25, 0.3) is 10.0 Å². The topological polar surface area (TPSA) is 105 Å². The molecule has 0 saturated heterocycles. The smallest absolute Gasteiger partial charge is 0.265 e. The third-order valence-electron chi connectivity index (χ3n) is 4.90. The van der Waals surface area contributed by atoms with E-state index >= 15 is 0 Å². The zero-order valence-electron chi connectivity index (χ0n) is 19.0. The second-order valence-corrected chi connectivity index (χ2v) is 9.32. The highest BCUT2D eigenvalue weighted by Crippen LogP contribution is 2.27. The van der Waals surface area contributed by atoms with Crippen LogP contribution in [0, 0.1) is 13.8 Å². The molecule has 0 amide bonds. The molecular weight excluding hydrogens is 450 g/mol. The monoisotopic (exact) mass is 475 g/mol. The van der Waals surface area contributed by atoms with Crippen LogP contribution in [0.5, 0.6) is 5.75 Å². The number of nitrogens with one attached hydrogen (secondary N) is 3. The Morgan fingerprint density at radius 3 is 2.15 bits per heavy atom. The van der Waals surface area contributed by atoms with Crippen LogP contribution in [0.3, 0.4) is 0 Å². The van der Waals surface area contributed by atoms with Gasteiger partial charge in [0.1, 0.15) is 16.5 Å². The lowest BCUT2D eigenvalue weighted by Crippen LogP contribution is -2.14. The molecule has 0 radical (unpaired) electrons. The van der Waals surface area contributed by atoms with Gasteiger partial charge in [-0.2, -0.15) is 4.98 Å². The maximum absolute atomic E-state index is 12.9. The van der Waals surface area contributed by atoms with Crippen LogP contribution in [-0.4, -0.2) is 25.5 Å². The van der Waals surface area contributed by atoms with Gasteiger partial charge < -0.3 is 15.4 Å². The van der Waals surface area contributed by atoms with Crippen molar-refractivity contribution in [3.63, 3.8) is 0 Å². The van der Waals surface area contributed by atoms with Crippen LogP contribution in [0.2, 0.25) is 0 Å². The summed E-state index contributed by atoms with van der Waals surface area (Å²) in [4.78, 5) is 9.03.